The maximum atomic E-state index is 12.5. The molecule has 0 aliphatic rings. The predicted molar refractivity (Wildman–Crippen MR) is 124 cm³/mol. The van der Waals surface area contributed by atoms with Crippen molar-refractivity contribution in [2.75, 3.05) is 13.2 Å². The fraction of sp³-hybridized carbons (Fsp3) is 0.731. The van der Waals surface area contributed by atoms with Crippen LogP contribution in [0.25, 0.3) is 0 Å². The molecule has 0 heterocycles. The molecular formula is C26H44O4. The molecule has 0 spiro atoms. The van der Waals surface area contributed by atoms with Crippen molar-refractivity contribution in [2.45, 2.75) is 109 Å². The van der Waals surface area contributed by atoms with E-state index in [1.165, 1.54) is 51.4 Å². The first kappa shape index (κ1) is 26.6. The molecule has 30 heavy (non-hydrogen) atoms. The lowest BCUT2D eigenvalue weighted by Gasteiger charge is -2.18. The molecule has 4 nitrogen and oxygen atoms in total. The van der Waals surface area contributed by atoms with Crippen molar-refractivity contribution >= 4 is 5.97 Å². The van der Waals surface area contributed by atoms with Gasteiger partial charge in [-0.1, -0.05) is 82.4 Å². The van der Waals surface area contributed by atoms with Crippen molar-refractivity contribution in [1.29, 1.82) is 0 Å². The van der Waals surface area contributed by atoms with Gasteiger partial charge >= 0.3 is 5.97 Å². The molecule has 0 fully saturated rings. The number of hydrogen-bond donors (Lipinski definition) is 2. The van der Waals surface area contributed by atoms with Crippen LogP contribution in [0.5, 0.6) is 0 Å². The van der Waals surface area contributed by atoms with Crippen molar-refractivity contribution in [3.63, 3.8) is 0 Å². The Labute approximate surface area is 184 Å². The Kier molecular flexibility index (Phi) is 17.4. The summed E-state index contributed by atoms with van der Waals surface area (Å²) in [7, 11) is 0. The van der Waals surface area contributed by atoms with Gasteiger partial charge in [0.2, 0.25) is 0 Å². The Hall–Kier alpha value is -1.39. The fourth-order valence-electron chi connectivity index (χ4n) is 3.79. The van der Waals surface area contributed by atoms with Gasteiger partial charge in [0.1, 0.15) is 6.10 Å². The van der Waals surface area contributed by atoms with Crippen molar-refractivity contribution < 1.29 is 19.7 Å². The van der Waals surface area contributed by atoms with E-state index in [0.717, 1.165) is 51.4 Å². The number of esters is 1. The minimum absolute atomic E-state index is 0.0153. The molecule has 1 aromatic rings. The van der Waals surface area contributed by atoms with E-state index in [2.05, 4.69) is 0 Å². The zero-order chi connectivity index (χ0) is 21.7. The van der Waals surface area contributed by atoms with Crippen LogP contribution in [0.1, 0.15) is 113 Å². The molecule has 4 heteroatoms. The molecular weight excluding hydrogens is 376 g/mol. The molecule has 0 saturated heterocycles. The summed E-state index contributed by atoms with van der Waals surface area (Å²) in [5, 5.41) is 17.6. The molecule has 0 aliphatic carbocycles. The first-order valence-electron chi connectivity index (χ1n) is 12.3. The number of carbonyl (C=O) groups excluding carboxylic acids is 1. The minimum Gasteiger partial charge on any atom is -0.459 e. The summed E-state index contributed by atoms with van der Waals surface area (Å²) < 4.78 is 5.86. The Balaban J connectivity index is 2.27. The number of hydrogen-bond acceptors (Lipinski definition) is 4. The molecule has 0 radical (unpaired) electrons. The summed E-state index contributed by atoms with van der Waals surface area (Å²) in [6.07, 6.45) is 17.9. The highest BCUT2D eigenvalue weighted by Gasteiger charge is 2.15. The van der Waals surface area contributed by atoms with Crippen LogP contribution in [0.3, 0.4) is 0 Å². The van der Waals surface area contributed by atoms with Gasteiger partial charge in [-0.2, -0.15) is 0 Å². The summed E-state index contributed by atoms with van der Waals surface area (Å²) in [4.78, 5) is 12.5. The van der Waals surface area contributed by atoms with Gasteiger partial charge in [0.15, 0.2) is 0 Å². The molecule has 0 amide bonds. The predicted octanol–water partition coefficient (Wildman–Crippen LogP) is 6.44. The van der Waals surface area contributed by atoms with Gasteiger partial charge in [-0.3, -0.25) is 0 Å². The molecule has 0 atom stereocenters. The van der Waals surface area contributed by atoms with Gasteiger partial charge in [-0.05, 0) is 50.7 Å². The summed E-state index contributed by atoms with van der Waals surface area (Å²) in [5.41, 5.74) is 0.635. The lowest BCUT2D eigenvalue weighted by atomic mass is 10.0. The first-order valence-corrected chi connectivity index (χ1v) is 12.3. The lowest BCUT2D eigenvalue weighted by Crippen LogP contribution is -2.18. The number of aliphatic hydroxyl groups excluding tert-OH is 2. The van der Waals surface area contributed by atoms with Gasteiger partial charge in [-0.15, -0.1) is 0 Å². The number of aliphatic hydroxyl groups is 2. The largest absolute Gasteiger partial charge is 0.459 e. The zero-order valence-electron chi connectivity index (χ0n) is 18.9. The van der Waals surface area contributed by atoms with Crippen molar-refractivity contribution in [1.82, 2.24) is 0 Å². The Morgan fingerprint density at radius 2 is 1.03 bits per heavy atom. The van der Waals surface area contributed by atoms with Crippen LogP contribution in [0.15, 0.2) is 30.3 Å². The van der Waals surface area contributed by atoms with Crippen molar-refractivity contribution in [3.05, 3.63) is 35.9 Å². The highest BCUT2D eigenvalue weighted by atomic mass is 16.5. The SMILES string of the molecule is O=C(OC(CCCCCCCCCO)CCCCCCCCCO)c1ccccc1. The molecule has 0 saturated carbocycles. The van der Waals surface area contributed by atoms with Crippen LogP contribution in [-0.4, -0.2) is 35.5 Å². The average Bonchev–Trinajstić information content (AvgIpc) is 2.77. The zero-order valence-corrected chi connectivity index (χ0v) is 18.9. The normalized spacial score (nSPS) is 11.2. The van der Waals surface area contributed by atoms with Gasteiger partial charge in [-0.25, -0.2) is 4.79 Å². The molecule has 172 valence electrons. The molecule has 2 N–H and O–H groups in total. The second-order valence-corrected chi connectivity index (χ2v) is 8.37. The van der Waals surface area contributed by atoms with Crippen LogP contribution < -0.4 is 0 Å². The highest BCUT2D eigenvalue weighted by molar-refractivity contribution is 5.89. The highest BCUT2D eigenvalue weighted by Crippen LogP contribution is 2.18. The van der Waals surface area contributed by atoms with E-state index in [9.17, 15) is 4.79 Å². The topological polar surface area (TPSA) is 66.8 Å². The third kappa shape index (κ3) is 14.6. The second-order valence-electron chi connectivity index (χ2n) is 8.37. The summed E-state index contributed by atoms with van der Waals surface area (Å²) in [6.45, 7) is 0.605. The van der Waals surface area contributed by atoms with Gasteiger partial charge < -0.3 is 14.9 Å². The molecule has 1 rings (SSSR count). The number of benzene rings is 1. The quantitative estimate of drug-likeness (QED) is 0.188. The van der Waals surface area contributed by atoms with E-state index < -0.39 is 0 Å². The molecule has 0 aliphatic heterocycles. The Morgan fingerprint density at radius 3 is 1.47 bits per heavy atom. The van der Waals surface area contributed by atoms with Crippen LogP contribution in [0.4, 0.5) is 0 Å². The van der Waals surface area contributed by atoms with E-state index >= 15 is 0 Å². The molecule has 0 aromatic heterocycles. The van der Waals surface area contributed by atoms with Crippen LogP contribution in [-0.2, 0) is 4.74 Å². The lowest BCUT2D eigenvalue weighted by molar-refractivity contribution is 0.0249. The maximum Gasteiger partial charge on any atom is 0.338 e. The fourth-order valence-corrected chi connectivity index (χ4v) is 3.79. The van der Waals surface area contributed by atoms with Crippen LogP contribution in [0, 0.1) is 0 Å². The van der Waals surface area contributed by atoms with E-state index in [4.69, 9.17) is 14.9 Å². The van der Waals surface area contributed by atoms with Crippen LogP contribution >= 0.6 is 0 Å². The summed E-state index contributed by atoms with van der Waals surface area (Å²) in [6, 6.07) is 9.30. The van der Waals surface area contributed by atoms with E-state index in [0.29, 0.717) is 18.8 Å². The first-order chi connectivity index (χ1) is 14.8. The van der Waals surface area contributed by atoms with Gasteiger partial charge in [0, 0.05) is 13.2 Å². The van der Waals surface area contributed by atoms with E-state index in [1.54, 1.807) is 0 Å². The van der Waals surface area contributed by atoms with Crippen LogP contribution in [0.2, 0.25) is 0 Å². The maximum absolute atomic E-state index is 12.5. The van der Waals surface area contributed by atoms with Crippen molar-refractivity contribution in [3.8, 4) is 0 Å². The molecule has 0 unspecified atom stereocenters. The Bertz CT molecular complexity index is 483. The molecule has 0 bridgehead atoms. The number of rotatable bonds is 20. The number of carbonyl (C=O) groups is 1. The average molecular weight is 421 g/mol. The summed E-state index contributed by atoms with van der Waals surface area (Å²) in [5.74, 6) is -0.200. The van der Waals surface area contributed by atoms with E-state index in [-0.39, 0.29) is 12.1 Å². The van der Waals surface area contributed by atoms with E-state index in [1.807, 2.05) is 30.3 Å². The standard InChI is InChI=1S/C26H44O4/c27-22-16-9-5-1-3-7-14-20-25(21-15-8-4-2-6-10-17-23-28)30-26(29)24-18-12-11-13-19-24/h11-13,18-19,25,27-28H,1-10,14-17,20-23H2. The van der Waals surface area contributed by atoms with Gasteiger partial charge in [0.05, 0.1) is 5.56 Å². The monoisotopic (exact) mass is 420 g/mol. The smallest absolute Gasteiger partial charge is 0.338 e. The third-order valence-corrected chi connectivity index (χ3v) is 5.65. The van der Waals surface area contributed by atoms with Gasteiger partial charge in [0.25, 0.3) is 0 Å². The minimum atomic E-state index is -0.200. The second kappa shape index (κ2) is 19.6. The van der Waals surface area contributed by atoms with Crippen molar-refractivity contribution in [2.24, 2.45) is 0 Å². The third-order valence-electron chi connectivity index (χ3n) is 5.65. The number of ether oxygens (including phenoxy) is 1. The molecule has 1 aromatic carbocycles. The Morgan fingerprint density at radius 1 is 0.633 bits per heavy atom. The number of unbranched alkanes of at least 4 members (excludes halogenated alkanes) is 12. The summed E-state index contributed by atoms with van der Waals surface area (Å²) >= 11 is 0.